The number of nitrogens with one attached hydrogen (secondary N) is 2. The molecule has 2 rings (SSSR count). The minimum atomic E-state index is -0.310. The molecule has 0 saturated carbocycles. The molecule has 0 radical (unpaired) electrons. The van der Waals surface area contributed by atoms with Crippen LogP contribution in [0.1, 0.15) is 37.0 Å². The third kappa shape index (κ3) is 4.00. The number of nitrogens with zero attached hydrogens (tertiary/aromatic N) is 1. The fraction of sp³-hybridized carbons (Fsp3) is 0.529. The number of hydrogen-bond donors (Lipinski definition) is 2. The largest absolute Gasteiger partial charge is 0.374 e. The van der Waals surface area contributed by atoms with Gasteiger partial charge in [0.2, 0.25) is 5.91 Å². The monoisotopic (exact) mass is 303 g/mol. The molecule has 0 bridgehead atoms. The number of likely N-dealkylation sites (N-methyl/N-ethyl adjacent to an activating group) is 1. The van der Waals surface area contributed by atoms with Gasteiger partial charge in [-0.15, -0.1) is 0 Å². The number of amides is 2. The zero-order valence-electron chi connectivity index (χ0n) is 13.6. The Morgan fingerprint density at radius 2 is 1.77 bits per heavy atom. The van der Waals surface area contributed by atoms with Gasteiger partial charge in [-0.1, -0.05) is 6.92 Å². The highest BCUT2D eigenvalue weighted by Gasteiger charge is 2.21. The zero-order valence-corrected chi connectivity index (χ0v) is 13.6. The van der Waals surface area contributed by atoms with Gasteiger partial charge in [0, 0.05) is 31.4 Å². The lowest BCUT2D eigenvalue weighted by atomic mass is 9.98. The van der Waals surface area contributed by atoms with Crippen LogP contribution in [0.25, 0.3) is 0 Å². The van der Waals surface area contributed by atoms with Gasteiger partial charge < -0.3 is 15.5 Å². The van der Waals surface area contributed by atoms with Crippen molar-refractivity contribution in [3.8, 4) is 0 Å². The van der Waals surface area contributed by atoms with E-state index >= 15 is 0 Å². The molecule has 1 heterocycles. The minimum absolute atomic E-state index is 0.0670. The predicted octanol–water partition coefficient (Wildman–Crippen LogP) is 2.11. The van der Waals surface area contributed by atoms with E-state index in [4.69, 9.17) is 0 Å². The highest BCUT2D eigenvalue weighted by atomic mass is 16.2. The van der Waals surface area contributed by atoms with E-state index in [0.29, 0.717) is 11.5 Å². The molecule has 22 heavy (non-hydrogen) atoms. The molecule has 2 N–H and O–H groups in total. The van der Waals surface area contributed by atoms with Gasteiger partial charge in [0.15, 0.2) is 0 Å². The third-order valence-electron chi connectivity index (χ3n) is 4.23. The number of hydrogen-bond acceptors (Lipinski definition) is 3. The first-order valence-electron chi connectivity index (χ1n) is 7.88. The van der Waals surface area contributed by atoms with Crippen molar-refractivity contribution < 1.29 is 9.59 Å². The van der Waals surface area contributed by atoms with Crippen LogP contribution < -0.4 is 10.6 Å². The van der Waals surface area contributed by atoms with Crippen molar-refractivity contribution in [1.82, 2.24) is 10.2 Å². The van der Waals surface area contributed by atoms with Crippen LogP contribution in [-0.4, -0.2) is 42.9 Å². The summed E-state index contributed by atoms with van der Waals surface area (Å²) in [7, 11) is 1.61. The molecule has 2 amide bonds. The third-order valence-corrected chi connectivity index (χ3v) is 4.23. The lowest BCUT2D eigenvalue weighted by Gasteiger charge is -2.30. The van der Waals surface area contributed by atoms with Crippen molar-refractivity contribution in [3.05, 3.63) is 29.8 Å². The molecule has 1 unspecified atom stereocenters. The van der Waals surface area contributed by atoms with Crippen molar-refractivity contribution in [3.63, 3.8) is 0 Å². The van der Waals surface area contributed by atoms with Gasteiger partial charge in [0.05, 0.1) is 0 Å². The molecule has 1 fully saturated rings. The number of carbonyl (C=O) groups is 2. The SMILES string of the molecule is CNC(=O)C(C)Nc1ccc(C(=O)N2CCC(C)CC2)cc1. The second-order valence-corrected chi connectivity index (χ2v) is 6.03. The molecule has 5 heteroatoms. The van der Waals surface area contributed by atoms with Crippen molar-refractivity contribution in [2.75, 3.05) is 25.5 Å². The molecule has 0 spiro atoms. The molecule has 1 aromatic carbocycles. The highest BCUT2D eigenvalue weighted by molar-refractivity contribution is 5.94. The summed E-state index contributed by atoms with van der Waals surface area (Å²) >= 11 is 0. The van der Waals surface area contributed by atoms with E-state index in [2.05, 4.69) is 17.6 Å². The highest BCUT2D eigenvalue weighted by Crippen LogP contribution is 2.19. The number of piperidine rings is 1. The standard InChI is InChI=1S/C17H25N3O2/c1-12-8-10-20(11-9-12)17(22)14-4-6-15(7-5-14)19-13(2)16(21)18-3/h4-7,12-13,19H,8-11H2,1-3H3,(H,18,21). The van der Waals surface area contributed by atoms with Crippen LogP contribution in [0.5, 0.6) is 0 Å². The maximum Gasteiger partial charge on any atom is 0.253 e. The summed E-state index contributed by atoms with van der Waals surface area (Å²) in [6, 6.07) is 7.02. The van der Waals surface area contributed by atoms with Gasteiger partial charge >= 0.3 is 0 Å². The maximum absolute atomic E-state index is 12.4. The lowest BCUT2D eigenvalue weighted by Crippen LogP contribution is -2.38. The van der Waals surface area contributed by atoms with Crippen molar-refractivity contribution in [2.24, 2.45) is 5.92 Å². The topological polar surface area (TPSA) is 61.4 Å². The zero-order chi connectivity index (χ0) is 16.1. The van der Waals surface area contributed by atoms with Crippen molar-refractivity contribution in [2.45, 2.75) is 32.7 Å². The summed E-state index contributed by atoms with van der Waals surface area (Å²) in [6.45, 7) is 5.71. The van der Waals surface area contributed by atoms with Gasteiger partial charge in [-0.2, -0.15) is 0 Å². The minimum Gasteiger partial charge on any atom is -0.374 e. The summed E-state index contributed by atoms with van der Waals surface area (Å²) in [4.78, 5) is 25.9. The first-order chi connectivity index (χ1) is 10.5. The van der Waals surface area contributed by atoms with E-state index in [1.54, 1.807) is 14.0 Å². The summed E-state index contributed by atoms with van der Waals surface area (Å²) in [5.74, 6) is 0.738. The van der Waals surface area contributed by atoms with Gasteiger partial charge in [-0.05, 0) is 49.9 Å². The van der Waals surface area contributed by atoms with Gasteiger partial charge in [-0.3, -0.25) is 9.59 Å². The van der Waals surface area contributed by atoms with Gasteiger partial charge in [0.25, 0.3) is 5.91 Å². The fourth-order valence-corrected chi connectivity index (χ4v) is 2.64. The van der Waals surface area contributed by atoms with E-state index in [0.717, 1.165) is 31.6 Å². The quantitative estimate of drug-likeness (QED) is 0.895. The summed E-state index contributed by atoms with van der Waals surface area (Å²) < 4.78 is 0. The van der Waals surface area contributed by atoms with Gasteiger partial charge in [-0.25, -0.2) is 0 Å². The molecule has 0 aromatic heterocycles. The Morgan fingerprint density at radius 3 is 2.32 bits per heavy atom. The number of carbonyl (C=O) groups excluding carboxylic acids is 2. The second kappa shape index (κ2) is 7.29. The van der Waals surface area contributed by atoms with Crippen molar-refractivity contribution >= 4 is 17.5 Å². The molecule has 1 aromatic rings. The Hall–Kier alpha value is -2.04. The molecular formula is C17H25N3O2. The fourth-order valence-electron chi connectivity index (χ4n) is 2.64. The van der Waals surface area contributed by atoms with E-state index in [1.165, 1.54) is 0 Å². The molecule has 1 aliphatic rings. The average Bonchev–Trinajstić information content (AvgIpc) is 2.54. The Balaban J connectivity index is 1.96. The predicted molar refractivity (Wildman–Crippen MR) is 87.9 cm³/mol. The van der Waals surface area contributed by atoms with Crippen LogP contribution in [-0.2, 0) is 4.79 Å². The molecule has 1 atom stereocenters. The molecule has 1 aliphatic heterocycles. The van der Waals surface area contributed by atoms with Crippen LogP contribution in [0, 0.1) is 5.92 Å². The van der Waals surface area contributed by atoms with Crippen LogP contribution in [0.15, 0.2) is 24.3 Å². The van der Waals surface area contributed by atoms with Crippen molar-refractivity contribution in [1.29, 1.82) is 0 Å². The molecular weight excluding hydrogens is 278 g/mol. The van der Waals surface area contributed by atoms with Crippen LogP contribution >= 0.6 is 0 Å². The van der Waals surface area contributed by atoms with Crippen LogP contribution in [0.3, 0.4) is 0 Å². The first kappa shape index (κ1) is 16.3. The normalized spacial score (nSPS) is 17.0. The van der Waals surface area contributed by atoms with E-state index in [1.807, 2.05) is 29.2 Å². The number of benzene rings is 1. The Labute approximate surface area is 132 Å². The Bertz CT molecular complexity index is 519. The summed E-state index contributed by atoms with van der Waals surface area (Å²) in [5, 5.41) is 5.71. The number of anilines is 1. The van der Waals surface area contributed by atoms with E-state index in [9.17, 15) is 9.59 Å². The molecule has 1 saturated heterocycles. The lowest BCUT2D eigenvalue weighted by molar-refractivity contribution is -0.121. The molecule has 0 aliphatic carbocycles. The smallest absolute Gasteiger partial charge is 0.253 e. The van der Waals surface area contributed by atoms with E-state index < -0.39 is 0 Å². The Kier molecular flexibility index (Phi) is 5.41. The Morgan fingerprint density at radius 1 is 1.18 bits per heavy atom. The first-order valence-corrected chi connectivity index (χ1v) is 7.88. The van der Waals surface area contributed by atoms with E-state index in [-0.39, 0.29) is 17.9 Å². The molecule has 5 nitrogen and oxygen atoms in total. The average molecular weight is 303 g/mol. The summed E-state index contributed by atoms with van der Waals surface area (Å²) in [5.41, 5.74) is 1.53. The second-order valence-electron chi connectivity index (χ2n) is 6.03. The van der Waals surface area contributed by atoms with Crippen LogP contribution in [0.4, 0.5) is 5.69 Å². The van der Waals surface area contributed by atoms with Gasteiger partial charge in [0.1, 0.15) is 6.04 Å². The number of likely N-dealkylation sites (tertiary alicyclic amines) is 1. The molecule has 120 valence electrons. The van der Waals surface area contributed by atoms with Crippen LogP contribution in [0.2, 0.25) is 0 Å². The maximum atomic E-state index is 12.4. The summed E-state index contributed by atoms with van der Waals surface area (Å²) in [6.07, 6.45) is 2.16. The number of rotatable bonds is 4.